The smallest absolute Gasteiger partial charge is 0.0140 e. The molecular weight excluding hydrogens is 136 g/mol. The first-order chi connectivity index (χ1) is 3.15. The highest BCUT2D eigenvalue weighted by atomic mass is 35.5. The summed E-state index contributed by atoms with van der Waals surface area (Å²) >= 11 is 0. The predicted octanol–water partition coefficient (Wildman–Crippen LogP) is 2.18. The summed E-state index contributed by atoms with van der Waals surface area (Å²) in [7, 11) is 6.00. The SMILES string of the molecule is CCC.CN(C)C.Cl.N. The van der Waals surface area contributed by atoms with Gasteiger partial charge in [-0.15, -0.1) is 12.4 Å². The van der Waals surface area contributed by atoms with Crippen LogP contribution in [0.2, 0.25) is 0 Å². The Balaban J connectivity index is -0.0000000233. The Bertz CT molecular complexity index is 22.3. The monoisotopic (exact) mass is 156 g/mol. The average molecular weight is 157 g/mol. The zero-order chi connectivity index (χ0) is 6.28. The molecule has 0 saturated heterocycles. The Hall–Kier alpha value is 0.210. The van der Waals surface area contributed by atoms with Crippen molar-refractivity contribution in [2.24, 2.45) is 0 Å². The summed E-state index contributed by atoms with van der Waals surface area (Å²) in [5.74, 6) is 0. The van der Waals surface area contributed by atoms with Crippen molar-refractivity contribution in [2.75, 3.05) is 21.1 Å². The second-order valence-corrected chi connectivity index (χ2v) is 2.05. The van der Waals surface area contributed by atoms with Crippen molar-refractivity contribution in [3.63, 3.8) is 0 Å². The van der Waals surface area contributed by atoms with E-state index in [1.165, 1.54) is 6.42 Å². The lowest BCUT2D eigenvalue weighted by atomic mass is 10.6. The van der Waals surface area contributed by atoms with Gasteiger partial charge in [-0.2, -0.15) is 0 Å². The lowest BCUT2D eigenvalue weighted by Gasteiger charge is -1.90. The minimum absolute atomic E-state index is 0. The maximum absolute atomic E-state index is 2.12. The normalized spacial score (nSPS) is 6.00. The Morgan fingerprint density at radius 2 is 1.00 bits per heavy atom. The summed E-state index contributed by atoms with van der Waals surface area (Å²) < 4.78 is 0. The molecule has 0 aliphatic heterocycles. The van der Waals surface area contributed by atoms with E-state index in [4.69, 9.17) is 0 Å². The molecule has 0 saturated carbocycles. The van der Waals surface area contributed by atoms with Crippen LogP contribution in [-0.4, -0.2) is 26.0 Å². The lowest BCUT2D eigenvalue weighted by molar-refractivity contribution is 0.505. The molecule has 0 aliphatic carbocycles. The van der Waals surface area contributed by atoms with Gasteiger partial charge in [0.2, 0.25) is 0 Å². The Morgan fingerprint density at radius 1 is 1.00 bits per heavy atom. The van der Waals surface area contributed by atoms with Crippen molar-refractivity contribution in [2.45, 2.75) is 20.3 Å². The molecule has 2 nitrogen and oxygen atoms in total. The third-order valence-electron chi connectivity index (χ3n) is 0. The van der Waals surface area contributed by atoms with E-state index in [1.807, 2.05) is 26.0 Å². The van der Waals surface area contributed by atoms with Crippen LogP contribution in [0.4, 0.5) is 0 Å². The van der Waals surface area contributed by atoms with Gasteiger partial charge in [0.15, 0.2) is 0 Å². The summed E-state index contributed by atoms with van der Waals surface area (Å²) in [5.41, 5.74) is 0. The van der Waals surface area contributed by atoms with Gasteiger partial charge in [-0.3, -0.25) is 0 Å². The van der Waals surface area contributed by atoms with Crippen LogP contribution in [-0.2, 0) is 0 Å². The van der Waals surface area contributed by atoms with Gasteiger partial charge in [0.1, 0.15) is 0 Å². The zero-order valence-electron chi connectivity index (χ0n) is 7.27. The highest BCUT2D eigenvalue weighted by Crippen LogP contribution is 1.56. The predicted molar refractivity (Wildman–Crippen MR) is 47.8 cm³/mol. The van der Waals surface area contributed by atoms with Gasteiger partial charge in [-0.25, -0.2) is 0 Å². The van der Waals surface area contributed by atoms with E-state index >= 15 is 0 Å². The molecule has 0 fully saturated rings. The number of hydrogen-bond acceptors (Lipinski definition) is 2. The zero-order valence-corrected chi connectivity index (χ0v) is 8.09. The Morgan fingerprint density at radius 3 is 1.00 bits per heavy atom. The number of rotatable bonds is 0. The van der Waals surface area contributed by atoms with Crippen molar-refractivity contribution in [3.05, 3.63) is 0 Å². The Labute approximate surface area is 65.6 Å². The van der Waals surface area contributed by atoms with Crippen LogP contribution in [0.5, 0.6) is 0 Å². The molecule has 3 N–H and O–H groups in total. The summed E-state index contributed by atoms with van der Waals surface area (Å²) in [5, 5.41) is 0. The molecule has 0 aromatic rings. The van der Waals surface area contributed by atoms with E-state index < -0.39 is 0 Å². The van der Waals surface area contributed by atoms with Crippen LogP contribution >= 0.6 is 12.4 Å². The molecule has 0 aromatic heterocycles. The van der Waals surface area contributed by atoms with Gasteiger partial charge >= 0.3 is 0 Å². The van der Waals surface area contributed by atoms with Gasteiger partial charge in [0.25, 0.3) is 0 Å². The number of nitrogens with zero attached hydrogens (tertiary/aromatic N) is 1. The third-order valence-corrected chi connectivity index (χ3v) is 0. The molecule has 0 amide bonds. The van der Waals surface area contributed by atoms with E-state index in [2.05, 4.69) is 13.8 Å². The van der Waals surface area contributed by atoms with E-state index in [0.29, 0.717) is 0 Å². The minimum atomic E-state index is 0. The maximum Gasteiger partial charge on any atom is -0.0140 e. The van der Waals surface area contributed by atoms with Gasteiger partial charge in [0.05, 0.1) is 0 Å². The van der Waals surface area contributed by atoms with Crippen LogP contribution in [0.15, 0.2) is 0 Å². The highest BCUT2D eigenvalue weighted by Gasteiger charge is 1.58. The second kappa shape index (κ2) is 24.1. The van der Waals surface area contributed by atoms with Gasteiger partial charge in [0, 0.05) is 0 Å². The standard InChI is InChI=1S/C3H9N.C3H8.ClH.H3N/c1-4(2)3;1-3-2;;/h1-3H3;3H2,1-2H3;1H;1H3. The molecular formula is C6H21ClN2. The molecule has 0 atom stereocenters. The number of halogens is 1. The fraction of sp³-hybridized carbons (Fsp3) is 1.00. The molecule has 9 heavy (non-hydrogen) atoms. The second-order valence-electron chi connectivity index (χ2n) is 2.05. The molecule has 0 aliphatic rings. The van der Waals surface area contributed by atoms with Gasteiger partial charge in [-0.1, -0.05) is 20.3 Å². The molecule has 62 valence electrons. The molecule has 0 rings (SSSR count). The van der Waals surface area contributed by atoms with Crippen LogP contribution in [0.1, 0.15) is 20.3 Å². The maximum atomic E-state index is 2.12. The van der Waals surface area contributed by atoms with Gasteiger partial charge < -0.3 is 11.1 Å². The molecule has 0 bridgehead atoms. The van der Waals surface area contributed by atoms with Crippen LogP contribution in [0, 0.1) is 0 Å². The summed E-state index contributed by atoms with van der Waals surface area (Å²) in [6.07, 6.45) is 1.25. The fourth-order valence-corrected chi connectivity index (χ4v) is 0. The van der Waals surface area contributed by atoms with Crippen LogP contribution in [0.25, 0.3) is 0 Å². The molecule has 0 radical (unpaired) electrons. The average Bonchev–Trinajstić information content (AvgIpc) is 1.33. The van der Waals surface area contributed by atoms with E-state index in [9.17, 15) is 0 Å². The molecule has 0 heterocycles. The molecule has 0 spiro atoms. The van der Waals surface area contributed by atoms with Crippen molar-refractivity contribution < 1.29 is 0 Å². The first-order valence-electron chi connectivity index (χ1n) is 2.76. The van der Waals surface area contributed by atoms with Crippen LogP contribution in [0.3, 0.4) is 0 Å². The Kier molecular flexibility index (Phi) is 61.2. The van der Waals surface area contributed by atoms with Crippen molar-refractivity contribution >= 4 is 12.4 Å². The fourth-order valence-electron chi connectivity index (χ4n) is 0. The summed E-state index contributed by atoms with van der Waals surface area (Å²) in [4.78, 5) is 2.00. The van der Waals surface area contributed by atoms with E-state index in [0.717, 1.165) is 0 Å². The third kappa shape index (κ3) is 7180. The van der Waals surface area contributed by atoms with Crippen molar-refractivity contribution in [1.29, 1.82) is 0 Å². The quantitative estimate of drug-likeness (QED) is 0.584. The van der Waals surface area contributed by atoms with E-state index in [1.54, 1.807) is 0 Å². The first-order valence-corrected chi connectivity index (χ1v) is 2.76. The largest absolute Gasteiger partial charge is 0.344 e. The first kappa shape index (κ1) is 22.9. The molecule has 3 heteroatoms. The minimum Gasteiger partial charge on any atom is -0.344 e. The highest BCUT2D eigenvalue weighted by molar-refractivity contribution is 5.85. The topological polar surface area (TPSA) is 38.2 Å². The summed E-state index contributed by atoms with van der Waals surface area (Å²) in [6.45, 7) is 4.25. The van der Waals surface area contributed by atoms with Crippen LogP contribution < -0.4 is 6.15 Å². The molecule has 0 aromatic carbocycles. The van der Waals surface area contributed by atoms with Gasteiger partial charge in [-0.05, 0) is 21.1 Å². The van der Waals surface area contributed by atoms with E-state index in [-0.39, 0.29) is 18.6 Å². The van der Waals surface area contributed by atoms with Crippen molar-refractivity contribution in [1.82, 2.24) is 11.1 Å². The lowest BCUT2D eigenvalue weighted by Crippen LogP contribution is -1.99. The van der Waals surface area contributed by atoms with Crippen molar-refractivity contribution in [3.8, 4) is 0 Å². The summed E-state index contributed by atoms with van der Waals surface area (Å²) in [6, 6.07) is 0. The molecule has 0 unspecified atom stereocenters. The number of hydrogen-bond donors (Lipinski definition) is 1.